The second-order valence-corrected chi connectivity index (χ2v) is 6.74. The molecule has 1 aliphatic rings. The standard InChI is InChI=1S/C17H28N2O2/c1-6-11(2)17(5,21)10-18-16(20)15-9-12(3)19(13(15)4)14-7-8-14/h9,11,14,21H,6-8,10H2,1-5H3,(H,18,20). The molecule has 0 bridgehead atoms. The molecule has 2 N–H and O–H groups in total. The van der Waals surface area contributed by atoms with Crippen molar-refractivity contribution in [1.29, 1.82) is 0 Å². The molecule has 1 amide bonds. The minimum absolute atomic E-state index is 0.0846. The fraction of sp³-hybridized carbons (Fsp3) is 0.706. The third-order valence-corrected chi connectivity index (χ3v) is 4.92. The fourth-order valence-corrected chi connectivity index (χ4v) is 2.87. The molecule has 1 aliphatic carbocycles. The topological polar surface area (TPSA) is 54.3 Å². The summed E-state index contributed by atoms with van der Waals surface area (Å²) in [5.74, 6) is 0.0651. The predicted molar refractivity (Wildman–Crippen MR) is 84.6 cm³/mol. The van der Waals surface area contributed by atoms with Crippen LogP contribution in [-0.2, 0) is 0 Å². The molecule has 1 aromatic rings. The Balaban J connectivity index is 2.06. The quantitative estimate of drug-likeness (QED) is 0.847. The Bertz CT molecular complexity index is 527. The van der Waals surface area contributed by atoms with Gasteiger partial charge in [0, 0.05) is 24.0 Å². The molecule has 4 nitrogen and oxygen atoms in total. The van der Waals surface area contributed by atoms with Crippen LogP contribution in [0, 0.1) is 19.8 Å². The molecule has 0 aliphatic heterocycles. The summed E-state index contributed by atoms with van der Waals surface area (Å²) in [7, 11) is 0. The van der Waals surface area contributed by atoms with E-state index in [0.717, 1.165) is 23.4 Å². The summed E-state index contributed by atoms with van der Waals surface area (Å²) in [6.07, 6.45) is 3.30. The van der Waals surface area contributed by atoms with Crippen LogP contribution in [0.5, 0.6) is 0 Å². The molecular formula is C17H28N2O2. The summed E-state index contributed by atoms with van der Waals surface area (Å²) in [5.41, 5.74) is 2.05. The number of rotatable bonds is 6. The molecule has 4 heteroatoms. The molecule has 0 spiro atoms. The van der Waals surface area contributed by atoms with E-state index in [1.54, 1.807) is 6.92 Å². The van der Waals surface area contributed by atoms with Crippen LogP contribution in [0.2, 0.25) is 0 Å². The molecule has 1 fully saturated rings. The van der Waals surface area contributed by atoms with Gasteiger partial charge in [0.05, 0.1) is 11.2 Å². The molecule has 2 unspecified atom stereocenters. The summed E-state index contributed by atoms with van der Waals surface area (Å²) in [6, 6.07) is 2.54. The van der Waals surface area contributed by atoms with Gasteiger partial charge in [-0.05, 0) is 45.6 Å². The van der Waals surface area contributed by atoms with Gasteiger partial charge in [-0.25, -0.2) is 0 Å². The van der Waals surface area contributed by atoms with Crippen LogP contribution in [0.25, 0.3) is 0 Å². The molecule has 0 radical (unpaired) electrons. The van der Waals surface area contributed by atoms with Crippen molar-refractivity contribution in [3.63, 3.8) is 0 Å². The van der Waals surface area contributed by atoms with Crippen molar-refractivity contribution < 1.29 is 9.90 Å². The molecule has 2 atom stereocenters. The molecular weight excluding hydrogens is 264 g/mol. The lowest BCUT2D eigenvalue weighted by atomic mass is 9.88. The zero-order valence-corrected chi connectivity index (χ0v) is 13.9. The van der Waals surface area contributed by atoms with Gasteiger partial charge in [0.1, 0.15) is 0 Å². The number of aromatic nitrogens is 1. The van der Waals surface area contributed by atoms with Crippen LogP contribution >= 0.6 is 0 Å². The summed E-state index contributed by atoms with van der Waals surface area (Å²) in [5, 5.41) is 13.3. The SMILES string of the molecule is CCC(C)C(C)(O)CNC(=O)c1cc(C)n(C2CC2)c1C. The van der Waals surface area contributed by atoms with E-state index in [2.05, 4.69) is 16.8 Å². The summed E-state index contributed by atoms with van der Waals surface area (Å²) >= 11 is 0. The highest BCUT2D eigenvalue weighted by Gasteiger charge is 2.30. The van der Waals surface area contributed by atoms with Crippen LogP contribution in [-0.4, -0.2) is 27.7 Å². The Hall–Kier alpha value is -1.29. The minimum Gasteiger partial charge on any atom is -0.388 e. The Labute approximate surface area is 127 Å². The first-order valence-electron chi connectivity index (χ1n) is 7.97. The Morgan fingerprint density at radius 1 is 1.52 bits per heavy atom. The normalized spacial score (nSPS) is 19.1. The number of hydrogen-bond donors (Lipinski definition) is 2. The van der Waals surface area contributed by atoms with Crippen molar-refractivity contribution >= 4 is 5.91 Å². The maximum absolute atomic E-state index is 12.4. The van der Waals surface area contributed by atoms with Crippen molar-refractivity contribution in [1.82, 2.24) is 9.88 Å². The van der Waals surface area contributed by atoms with E-state index in [1.165, 1.54) is 12.8 Å². The Morgan fingerprint density at radius 2 is 2.14 bits per heavy atom. The van der Waals surface area contributed by atoms with E-state index >= 15 is 0 Å². The third kappa shape index (κ3) is 3.31. The monoisotopic (exact) mass is 292 g/mol. The van der Waals surface area contributed by atoms with Gasteiger partial charge in [-0.15, -0.1) is 0 Å². The number of amides is 1. The number of nitrogens with zero attached hydrogens (tertiary/aromatic N) is 1. The maximum Gasteiger partial charge on any atom is 0.253 e. The second-order valence-electron chi connectivity index (χ2n) is 6.74. The minimum atomic E-state index is -0.869. The highest BCUT2D eigenvalue weighted by Crippen LogP contribution is 2.38. The summed E-state index contributed by atoms with van der Waals surface area (Å²) < 4.78 is 2.27. The molecule has 0 saturated heterocycles. The maximum atomic E-state index is 12.4. The third-order valence-electron chi connectivity index (χ3n) is 4.92. The van der Waals surface area contributed by atoms with Gasteiger partial charge in [-0.1, -0.05) is 20.3 Å². The van der Waals surface area contributed by atoms with Gasteiger partial charge >= 0.3 is 0 Å². The molecule has 1 aromatic heterocycles. The average molecular weight is 292 g/mol. The predicted octanol–water partition coefficient (Wildman–Crippen LogP) is 2.97. The van der Waals surface area contributed by atoms with Gasteiger partial charge in [0.2, 0.25) is 0 Å². The Morgan fingerprint density at radius 3 is 2.67 bits per heavy atom. The lowest BCUT2D eigenvalue weighted by Gasteiger charge is -2.29. The zero-order valence-electron chi connectivity index (χ0n) is 13.9. The molecule has 118 valence electrons. The van der Waals surface area contributed by atoms with E-state index in [1.807, 2.05) is 26.8 Å². The van der Waals surface area contributed by atoms with E-state index in [0.29, 0.717) is 6.04 Å². The van der Waals surface area contributed by atoms with E-state index in [4.69, 9.17) is 0 Å². The number of carbonyl (C=O) groups is 1. The number of nitrogens with one attached hydrogen (secondary N) is 1. The van der Waals surface area contributed by atoms with Crippen LogP contribution in [0.4, 0.5) is 0 Å². The van der Waals surface area contributed by atoms with Gasteiger partial charge in [0.15, 0.2) is 0 Å². The van der Waals surface area contributed by atoms with Crippen molar-refractivity contribution in [2.24, 2.45) is 5.92 Å². The van der Waals surface area contributed by atoms with Crippen LogP contribution in [0.15, 0.2) is 6.07 Å². The van der Waals surface area contributed by atoms with Crippen molar-refractivity contribution in [3.05, 3.63) is 23.0 Å². The first-order chi connectivity index (χ1) is 9.77. The number of aliphatic hydroxyl groups is 1. The number of hydrogen-bond acceptors (Lipinski definition) is 2. The zero-order chi connectivity index (χ0) is 15.8. The first-order valence-corrected chi connectivity index (χ1v) is 7.97. The number of aryl methyl sites for hydroxylation is 1. The van der Waals surface area contributed by atoms with Gasteiger partial charge in [0.25, 0.3) is 5.91 Å². The average Bonchev–Trinajstić information content (AvgIpc) is 3.21. The fourth-order valence-electron chi connectivity index (χ4n) is 2.87. The van der Waals surface area contributed by atoms with Gasteiger partial charge in [-0.2, -0.15) is 0 Å². The molecule has 2 rings (SSSR count). The molecule has 1 saturated carbocycles. The van der Waals surface area contributed by atoms with Crippen molar-refractivity contribution in [3.8, 4) is 0 Å². The second kappa shape index (κ2) is 5.84. The summed E-state index contributed by atoms with van der Waals surface area (Å²) in [6.45, 7) is 10.2. The summed E-state index contributed by atoms with van der Waals surface area (Å²) in [4.78, 5) is 12.4. The van der Waals surface area contributed by atoms with E-state index in [9.17, 15) is 9.90 Å². The van der Waals surface area contributed by atoms with Crippen molar-refractivity contribution in [2.45, 2.75) is 65.5 Å². The van der Waals surface area contributed by atoms with Gasteiger partial charge < -0.3 is 15.0 Å². The first kappa shape index (κ1) is 16.1. The smallest absolute Gasteiger partial charge is 0.253 e. The lowest BCUT2D eigenvalue weighted by molar-refractivity contribution is 0.00592. The van der Waals surface area contributed by atoms with E-state index in [-0.39, 0.29) is 18.4 Å². The highest BCUT2D eigenvalue weighted by molar-refractivity contribution is 5.95. The largest absolute Gasteiger partial charge is 0.388 e. The highest BCUT2D eigenvalue weighted by atomic mass is 16.3. The van der Waals surface area contributed by atoms with Crippen LogP contribution in [0.1, 0.15) is 67.8 Å². The lowest BCUT2D eigenvalue weighted by Crippen LogP contribution is -2.45. The van der Waals surface area contributed by atoms with Crippen LogP contribution in [0.3, 0.4) is 0 Å². The van der Waals surface area contributed by atoms with Crippen molar-refractivity contribution in [2.75, 3.05) is 6.54 Å². The Kier molecular flexibility index (Phi) is 4.47. The van der Waals surface area contributed by atoms with Crippen LogP contribution < -0.4 is 5.32 Å². The molecule has 21 heavy (non-hydrogen) atoms. The molecule has 0 aromatic carbocycles. The van der Waals surface area contributed by atoms with Gasteiger partial charge in [-0.3, -0.25) is 4.79 Å². The number of carbonyl (C=O) groups excluding carboxylic acids is 1. The molecule has 1 heterocycles. The van der Waals surface area contributed by atoms with E-state index < -0.39 is 5.60 Å².